The minimum atomic E-state index is 0.564. The normalized spacial score (nSPS) is 23.6. The molecular weight excluding hydrogens is 266 g/mol. The van der Waals surface area contributed by atoms with Gasteiger partial charge in [0.05, 0.1) is 18.1 Å². The Kier molecular flexibility index (Phi) is 3.77. The standard InChI is InChI=1S/C14H23N7/c1-9-5-4-6-10(2)21(9)8-12-17-13(19-15)11-7-16-20(3)14(11)18-12/h7,9-10H,4-6,8,15H2,1-3H3,(H,17,18,19). The number of nitrogens with zero attached hydrogens (tertiary/aromatic N) is 5. The molecule has 1 saturated heterocycles. The van der Waals surface area contributed by atoms with Crippen molar-refractivity contribution in [2.45, 2.75) is 51.7 Å². The summed E-state index contributed by atoms with van der Waals surface area (Å²) in [5.41, 5.74) is 3.47. The summed E-state index contributed by atoms with van der Waals surface area (Å²) in [4.78, 5) is 11.7. The number of nitrogens with one attached hydrogen (secondary N) is 1. The lowest BCUT2D eigenvalue weighted by Crippen LogP contribution is -2.43. The van der Waals surface area contributed by atoms with Crippen LogP contribution in [0.5, 0.6) is 0 Å². The molecule has 0 saturated carbocycles. The van der Waals surface area contributed by atoms with Gasteiger partial charge < -0.3 is 5.43 Å². The first-order chi connectivity index (χ1) is 10.1. The molecular formula is C14H23N7. The van der Waals surface area contributed by atoms with Gasteiger partial charge in [-0.2, -0.15) is 5.10 Å². The Hall–Kier alpha value is -1.73. The van der Waals surface area contributed by atoms with E-state index in [4.69, 9.17) is 5.84 Å². The molecule has 7 heteroatoms. The van der Waals surface area contributed by atoms with E-state index in [0.717, 1.165) is 23.4 Å². The maximum absolute atomic E-state index is 5.59. The minimum absolute atomic E-state index is 0.564. The number of anilines is 1. The summed E-state index contributed by atoms with van der Waals surface area (Å²) in [7, 11) is 1.88. The molecule has 2 aromatic rings. The van der Waals surface area contributed by atoms with Gasteiger partial charge in [-0.05, 0) is 26.7 Å². The van der Waals surface area contributed by atoms with E-state index < -0.39 is 0 Å². The van der Waals surface area contributed by atoms with Crippen LogP contribution in [0.25, 0.3) is 11.0 Å². The number of aromatic nitrogens is 4. The van der Waals surface area contributed by atoms with Gasteiger partial charge in [-0.25, -0.2) is 15.8 Å². The third kappa shape index (κ3) is 2.58. The molecule has 0 radical (unpaired) electrons. The molecule has 0 amide bonds. The molecule has 7 nitrogen and oxygen atoms in total. The number of nitrogen functional groups attached to an aromatic ring is 1. The van der Waals surface area contributed by atoms with Crippen molar-refractivity contribution in [3.8, 4) is 0 Å². The van der Waals surface area contributed by atoms with Crippen LogP contribution in [0.1, 0.15) is 38.9 Å². The Balaban J connectivity index is 1.94. The molecule has 0 bridgehead atoms. The average molecular weight is 289 g/mol. The molecule has 0 aromatic carbocycles. The molecule has 21 heavy (non-hydrogen) atoms. The lowest BCUT2D eigenvalue weighted by molar-refractivity contribution is 0.0924. The van der Waals surface area contributed by atoms with Crippen molar-refractivity contribution in [1.82, 2.24) is 24.6 Å². The van der Waals surface area contributed by atoms with Gasteiger partial charge in [0.2, 0.25) is 0 Å². The van der Waals surface area contributed by atoms with Crippen molar-refractivity contribution in [2.24, 2.45) is 12.9 Å². The van der Waals surface area contributed by atoms with Gasteiger partial charge in [-0.1, -0.05) is 6.42 Å². The molecule has 0 spiro atoms. The number of hydrogen-bond acceptors (Lipinski definition) is 6. The Morgan fingerprint density at radius 1 is 1.29 bits per heavy atom. The SMILES string of the molecule is CC1CCCC(C)N1Cc1nc(NN)c2cnn(C)c2n1. The number of aryl methyl sites for hydroxylation is 1. The predicted molar refractivity (Wildman–Crippen MR) is 82.4 cm³/mol. The number of piperidine rings is 1. The zero-order valence-corrected chi connectivity index (χ0v) is 12.9. The van der Waals surface area contributed by atoms with Gasteiger partial charge in [0.15, 0.2) is 11.5 Å². The van der Waals surface area contributed by atoms with Crippen LogP contribution >= 0.6 is 0 Å². The maximum atomic E-state index is 5.59. The van der Waals surface area contributed by atoms with Gasteiger partial charge in [-0.15, -0.1) is 0 Å². The highest BCUT2D eigenvalue weighted by Gasteiger charge is 2.26. The second kappa shape index (κ2) is 5.57. The fourth-order valence-corrected chi connectivity index (χ4v) is 3.20. The van der Waals surface area contributed by atoms with E-state index in [9.17, 15) is 0 Å². The third-order valence-corrected chi connectivity index (χ3v) is 4.48. The molecule has 3 N–H and O–H groups in total. The van der Waals surface area contributed by atoms with E-state index in [2.05, 4.69) is 39.2 Å². The number of hydrazine groups is 1. The molecule has 1 aliphatic heterocycles. The van der Waals surface area contributed by atoms with Crippen molar-refractivity contribution < 1.29 is 0 Å². The van der Waals surface area contributed by atoms with Gasteiger partial charge in [0.25, 0.3) is 0 Å². The summed E-state index contributed by atoms with van der Waals surface area (Å²) in [6.07, 6.45) is 5.51. The number of hydrogen-bond donors (Lipinski definition) is 2. The second-order valence-electron chi connectivity index (χ2n) is 5.94. The zero-order valence-electron chi connectivity index (χ0n) is 12.9. The van der Waals surface area contributed by atoms with Crippen molar-refractivity contribution >= 4 is 16.9 Å². The zero-order chi connectivity index (χ0) is 15.0. The first kappa shape index (κ1) is 14.2. The van der Waals surface area contributed by atoms with Crippen molar-refractivity contribution in [1.29, 1.82) is 0 Å². The maximum Gasteiger partial charge on any atom is 0.163 e. The first-order valence-corrected chi connectivity index (χ1v) is 7.51. The quantitative estimate of drug-likeness (QED) is 0.656. The van der Waals surface area contributed by atoms with E-state index in [1.54, 1.807) is 10.9 Å². The number of nitrogens with two attached hydrogens (primary N) is 1. The van der Waals surface area contributed by atoms with E-state index in [1.807, 2.05) is 7.05 Å². The molecule has 114 valence electrons. The van der Waals surface area contributed by atoms with Crippen LogP contribution < -0.4 is 11.3 Å². The fraction of sp³-hybridized carbons (Fsp3) is 0.643. The molecule has 0 aliphatic carbocycles. The van der Waals surface area contributed by atoms with Crippen LogP contribution in [0.2, 0.25) is 0 Å². The average Bonchev–Trinajstić information content (AvgIpc) is 2.84. The minimum Gasteiger partial charge on any atom is -0.308 e. The van der Waals surface area contributed by atoms with Crippen molar-refractivity contribution in [3.63, 3.8) is 0 Å². The summed E-state index contributed by atoms with van der Waals surface area (Å²) in [6, 6.07) is 1.13. The monoisotopic (exact) mass is 289 g/mol. The summed E-state index contributed by atoms with van der Waals surface area (Å²) in [5, 5.41) is 5.08. The van der Waals surface area contributed by atoms with Crippen LogP contribution in [0, 0.1) is 0 Å². The molecule has 2 atom stereocenters. The second-order valence-corrected chi connectivity index (χ2v) is 5.94. The molecule has 2 unspecified atom stereocenters. The lowest BCUT2D eigenvalue weighted by atomic mass is 9.97. The Bertz CT molecular complexity index is 626. The number of likely N-dealkylation sites (tertiary alicyclic amines) is 1. The molecule has 3 rings (SSSR count). The smallest absolute Gasteiger partial charge is 0.163 e. The highest BCUT2D eigenvalue weighted by atomic mass is 15.3. The highest BCUT2D eigenvalue weighted by molar-refractivity contribution is 5.86. The summed E-state index contributed by atoms with van der Waals surface area (Å²) < 4.78 is 1.75. The highest BCUT2D eigenvalue weighted by Crippen LogP contribution is 2.25. The van der Waals surface area contributed by atoms with Crippen molar-refractivity contribution in [3.05, 3.63) is 12.0 Å². The molecule has 3 heterocycles. The fourth-order valence-electron chi connectivity index (χ4n) is 3.20. The largest absolute Gasteiger partial charge is 0.308 e. The Morgan fingerprint density at radius 3 is 2.67 bits per heavy atom. The number of fused-ring (bicyclic) bond motifs is 1. The van der Waals surface area contributed by atoms with E-state index in [1.165, 1.54) is 19.3 Å². The topological polar surface area (TPSA) is 84.9 Å². The van der Waals surface area contributed by atoms with E-state index in [0.29, 0.717) is 17.9 Å². The summed E-state index contributed by atoms with van der Waals surface area (Å²) in [6.45, 7) is 5.30. The van der Waals surface area contributed by atoms with Gasteiger partial charge in [-0.3, -0.25) is 9.58 Å². The van der Waals surface area contributed by atoms with Crippen LogP contribution in [0.4, 0.5) is 5.82 Å². The van der Waals surface area contributed by atoms with Gasteiger partial charge in [0, 0.05) is 19.1 Å². The third-order valence-electron chi connectivity index (χ3n) is 4.48. The van der Waals surface area contributed by atoms with Crippen LogP contribution in [-0.2, 0) is 13.6 Å². The van der Waals surface area contributed by atoms with Crippen LogP contribution in [0.15, 0.2) is 6.20 Å². The summed E-state index contributed by atoms with van der Waals surface area (Å²) >= 11 is 0. The Morgan fingerprint density at radius 2 is 2.00 bits per heavy atom. The summed E-state index contributed by atoms with van der Waals surface area (Å²) in [5.74, 6) is 7.02. The molecule has 2 aromatic heterocycles. The van der Waals surface area contributed by atoms with Crippen LogP contribution in [0.3, 0.4) is 0 Å². The lowest BCUT2D eigenvalue weighted by Gasteiger charge is -2.38. The number of rotatable bonds is 3. The van der Waals surface area contributed by atoms with Gasteiger partial charge >= 0.3 is 0 Å². The molecule has 1 aliphatic rings. The van der Waals surface area contributed by atoms with Crippen molar-refractivity contribution in [2.75, 3.05) is 5.43 Å². The first-order valence-electron chi connectivity index (χ1n) is 7.51. The predicted octanol–water partition coefficient (Wildman–Crippen LogP) is 1.41. The van der Waals surface area contributed by atoms with E-state index >= 15 is 0 Å². The van der Waals surface area contributed by atoms with Crippen LogP contribution in [-0.4, -0.2) is 36.7 Å². The van der Waals surface area contributed by atoms with E-state index in [-0.39, 0.29) is 0 Å². The Labute approximate surface area is 124 Å². The molecule has 1 fully saturated rings. The van der Waals surface area contributed by atoms with Gasteiger partial charge in [0.1, 0.15) is 5.82 Å².